The van der Waals surface area contributed by atoms with Gasteiger partial charge in [0.05, 0.1) is 0 Å². The minimum absolute atomic E-state index is 0.0389. The molecule has 0 saturated heterocycles. The Morgan fingerprint density at radius 1 is 1.16 bits per heavy atom. The molecule has 0 aliphatic heterocycles. The van der Waals surface area contributed by atoms with E-state index in [-0.39, 0.29) is 6.61 Å². The average Bonchev–Trinajstić information content (AvgIpc) is 2.40. The Bertz CT molecular complexity index is 554. The van der Waals surface area contributed by atoms with Crippen LogP contribution < -0.4 is 4.74 Å². The van der Waals surface area contributed by atoms with Crippen LogP contribution in [0.2, 0.25) is 0 Å². The maximum atomic E-state index is 13.0. The van der Waals surface area contributed by atoms with Crippen LogP contribution in [-0.4, -0.2) is 17.7 Å². The zero-order chi connectivity index (χ0) is 13.7. The molecule has 0 aromatic heterocycles. The number of benzene rings is 2. The van der Waals surface area contributed by atoms with Gasteiger partial charge in [0.25, 0.3) is 0 Å². The van der Waals surface area contributed by atoms with Crippen molar-refractivity contribution in [3.63, 3.8) is 0 Å². The molecular formula is C15H13FO3. The normalized spacial score (nSPS) is 11.8. The third kappa shape index (κ3) is 3.55. The third-order valence-corrected chi connectivity index (χ3v) is 2.71. The van der Waals surface area contributed by atoms with Crippen LogP contribution in [0.1, 0.15) is 11.5 Å². The van der Waals surface area contributed by atoms with Gasteiger partial charge in [0, 0.05) is 6.07 Å². The van der Waals surface area contributed by atoms with Crippen molar-refractivity contribution in [2.75, 3.05) is 6.61 Å². The summed E-state index contributed by atoms with van der Waals surface area (Å²) < 4.78 is 18.3. The molecule has 0 fully saturated rings. The molecule has 1 N–H and O–H groups in total. The van der Waals surface area contributed by atoms with E-state index >= 15 is 0 Å². The molecule has 0 heterocycles. The molecule has 0 radical (unpaired) electrons. The molecule has 0 saturated carbocycles. The number of carboxylic acid groups (broad SMARTS) is 1. The number of carboxylic acids is 1. The Kier molecular flexibility index (Phi) is 4.13. The van der Waals surface area contributed by atoms with Crippen molar-refractivity contribution < 1.29 is 19.0 Å². The quantitative estimate of drug-likeness (QED) is 0.898. The van der Waals surface area contributed by atoms with E-state index in [1.54, 1.807) is 30.3 Å². The molecule has 98 valence electrons. The number of hydrogen-bond donors (Lipinski definition) is 1. The number of carbonyl (C=O) groups is 1. The molecule has 0 spiro atoms. The van der Waals surface area contributed by atoms with Gasteiger partial charge in [-0.3, -0.25) is 4.79 Å². The molecule has 0 aliphatic rings. The molecule has 0 aliphatic carbocycles. The fourth-order valence-corrected chi connectivity index (χ4v) is 1.73. The van der Waals surface area contributed by atoms with Gasteiger partial charge in [-0.05, 0) is 17.7 Å². The summed E-state index contributed by atoms with van der Waals surface area (Å²) in [5.74, 6) is -1.83. The standard InChI is InChI=1S/C15H13FO3/c16-12-7-4-8-13(9-12)19-10-14(15(17)18)11-5-2-1-3-6-11/h1-9,14H,10H2,(H,17,18). The van der Waals surface area contributed by atoms with Crippen molar-refractivity contribution in [3.8, 4) is 5.75 Å². The predicted molar refractivity (Wildman–Crippen MR) is 68.7 cm³/mol. The molecule has 0 bridgehead atoms. The van der Waals surface area contributed by atoms with E-state index in [0.29, 0.717) is 11.3 Å². The highest BCUT2D eigenvalue weighted by Crippen LogP contribution is 2.19. The van der Waals surface area contributed by atoms with Gasteiger partial charge in [0.1, 0.15) is 24.1 Å². The highest BCUT2D eigenvalue weighted by molar-refractivity contribution is 5.76. The van der Waals surface area contributed by atoms with Crippen LogP contribution in [0.4, 0.5) is 4.39 Å². The van der Waals surface area contributed by atoms with Crippen LogP contribution in [0.15, 0.2) is 54.6 Å². The van der Waals surface area contributed by atoms with Crippen LogP contribution in [0.3, 0.4) is 0 Å². The van der Waals surface area contributed by atoms with Gasteiger partial charge in [-0.1, -0.05) is 36.4 Å². The van der Waals surface area contributed by atoms with Gasteiger partial charge in [0.15, 0.2) is 0 Å². The molecular weight excluding hydrogens is 247 g/mol. The number of ether oxygens (including phenoxy) is 1. The molecule has 2 aromatic rings. The van der Waals surface area contributed by atoms with Crippen LogP contribution in [0.5, 0.6) is 5.75 Å². The molecule has 1 unspecified atom stereocenters. The second kappa shape index (κ2) is 6.00. The maximum Gasteiger partial charge on any atom is 0.314 e. The van der Waals surface area contributed by atoms with Crippen molar-refractivity contribution >= 4 is 5.97 Å². The Labute approximate surface area is 110 Å². The van der Waals surface area contributed by atoms with Crippen molar-refractivity contribution in [3.05, 3.63) is 66.0 Å². The summed E-state index contributed by atoms with van der Waals surface area (Å²) in [4.78, 5) is 11.2. The highest BCUT2D eigenvalue weighted by Gasteiger charge is 2.20. The molecule has 4 heteroatoms. The fraction of sp³-hybridized carbons (Fsp3) is 0.133. The number of hydrogen-bond acceptors (Lipinski definition) is 2. The van der Waals surface area contributed by atoms with E-state index in [9.17, 15) is 14.3 Å². The molecule has 2 rings (SSSR count). The summed E-state index contributed by atoms with van der Waals surface area (Å²) in [5, 5.41) is 9.21. The lowest BCUT2D eigenvalue weighted by Gasteiger charge is -2.14. The largest absolute Gasteiger partial charge is 0.492 e. The van der Waals surface area contributed by atoms with Gasteiger partial charge in [-0.2, -0.15) is 0 Å². The van der Waals surface area contributed by atoms with Gasteiger partial charge in [-0.15, -0.1) is 0 Å². The number of halogens is 1. The van der Waals surface area contributed by atoms with E-state index in [1.807, 2.05) is 6.07 Å². The summed E-state index contributed by atoms with van der Waals surface area (Å²) in [6, 6.07) is 14.5. The number of aliphatic carboxylic acids is 1. The minimum Gasteiger partial charge on any atom is -0.492 e. The van der Waals surface area contributed by atoms with Crippen molar-refractivity contribution in [1.29, 1.82) is 0 Å². The first-order valence-corrected chi connectivity index (χ1v) is 5.83. The van der Waals surface area contributed by atoms with E-state index in [4.69, 9.17) is 4.74 Å². The molecule has 19 heavy (non-hydrogen) atoms. The maximum absolute atomic E-state index is 13.0. The summed E-state index contributed by atoms with van der Waals surface area (Å²) in [6.07, 6.45) is 0. The predicted octanol–water partition coefficient (Wildman–Crippen LogP) is 3.07. The second-order valence-electron chi connectivity index (χ2n) is 4.07. The minimum atomic E-state index is -0.970. The lowest BCUT2D eigenvalue weighted by molar-refractivity contribution is -0.139. The molecule has 0 amide bonds. The Balaban J connectivity index is 2.08. The van der Waals surface area contributed by atoms with Crippen molar-refractivity contribution in [2.45, 2.75) is 5.92 Å². The first-order valence-electron chi connectivity index (χ1n) is 5.83. The van der Waals surface area contributed by atoms with Gasteiger partial charge in [-0.25, -0.2) is 4.39 Å². The summed E-state index contributed by atoms with van der Waals surface area (Å²) in [5.41, 5.74) is 0.659. The van der Waals surface area contributed by atoms with E-state index in [1.165, 1.54) is 18.2 Å². The second-order valence-corrected chi connectivity index (χ2v) is 4.07. The first kappa shape index (κ1) is 13.1. The molecule has 2 aromatic carbocycles. The Hall–Kier alpha value is -2.36. The zero-order valence-corrected chi connectivity index (χ0v) is 10.1. The Morgan fingerprint density at radius 3 is 2.53 bits per heavy atom. The third-order valence-electron chi connectivity index (χ3n) is 2.71. The SMILES string of the molecule is O=C(O)C(COc1cccc(F)c1)c1ccccc1. The lowest BCUT2D eigenvalue weighted by atomic mass is 10.0. The molecule has 1 atom stereocenters. The zero-order valence-electron chi connectivity index (χ0n) is 10.1. The summed E-state index contributed by atoms with van der Waals surface area (Å²) >= 11 is 0. The van der Waals surface area contributed by atoms with E-state index in [2.05, 4.69) is 0 Å². The van der Waals surface area contributed by atoms with Crippen LogP contribution in [0, 0.1) is 5.82 Å². The van der Waals surface area contributed by atoms with Crippen molar-refractivity contribution in [2.24, 2.45) is 0 Å². The van der Waals surface area contributed by atoms with Gasteiger partial charge < -0.3 is 9.84 Å². The number of rotatable bonds is 5. The summed E-state index contributed by atoms with van der Waals surface area (Å²) in [7, 11) is 0. The van der Waals surface area contributed by atoms with Crippen LogP contribution in [0.25, 0.3) is 0 Å². The molecule has 3 nitrogen and oxygen atoms in total. The highest BCUT2D eigenvalue weighted by atomic mass is 19.1. The fourth-order valence-electron chi connectivity index (χ4n) is 1.73. The van der Waals surface area contributed by atoms with Crippen molar-refractivity contribution in [1.82, 2.24) is 0 Å². The smallest absolute Gasteiger partial charge is 0.314 e. The lowest BCUT2D eigenvalue weighted by Crippen LogP contribution is -2.19. The average molecular weight is 260 g/mol. The van der Waals surface area contributed by atoms with Crippen LogP contribution in [-0.2, 0) is 4.79 Å². The topological polar surface area (TPSA) is 46.5 Å². The van der Waals surface area contributed by atoms with E-state index in [0.717, 1.165) is 0 Å². The van der Waals surface area contributed by atoms with Gasteiger partial charge >= 0.3 is 5.97 Å². The van der Waals surface area contributed by atoms with E-state index < -0.39 is 17.7 Å². The monoisotopic (exact) mass is 260 g/mol. The summed E-state index contributed by atoms with van der Waals surface area (Å²) in [6.45, 7) is -0.0389. The first-order chi connectivity index (χ1) is 9.16. The van der Waals surface area contributed by atoms with Crippen LogP contribution >= 0.6 is 0 Å². The van der Waals surface area contributed by atoms with Gasteiger partial charge in [0.2, 0.25) is 0 Å². The Morgan fingerprint density at radius 2 is 1.89 bits per heavy atom.